The van der Waals surface area contributed by atoms with Crippen LogP contribution in [0.2, 0.25) is 0 Å². The quantitative estimate of drug-likeness (QED) is 0.864. The van der Waals surface area contributed by atoms with Crippen molar-refractivity contribution in [2.45, 2.75) is 4.90 Å². The summed E-state index contributed by atoms with van der Waals surface area (Å²) < 4.78 is 43.4. The Bertz CT molecular complexity index is 820. The Morgan fingerprint density at radius 3 is 2.33 bits per heavy atom. The van der Waals surface area contributed by atoms with Crippen molar-refractivity contribution in [2.24, 2.45) is 0 Å². The van der Waals surface area contributed by atoms with Crippen LogP contribution in [0.4, 0.5) is 10.1 Å². The topological polar surface area (TPSA) is 75.7 Å². The highest BCUT2D eigenvalue weighted by Crippen LogP contribution is 2.17. The number of para-hydroxylation sites is 1. The lowest BCUT2D eigenvalue weighted by Crippen LogP contribution is -2.22. The van der Waals surface area contributed by atoms with Gasteiger partial charge in [0.25, 0.3) is 5.91 Å². The molecule has 0 aromatic heterocycles. The number of carbonyl (C=O) groups excluding carboxylic acids is 1. The first-order chi connectivity index (χ1) is 11.3. The summed E-state index contributed by atoms with van der Waals surface area (Å²) in [5.74, 6) is -1.05. The number of nitrogens with zero attached hydrogens (tertiary/aromatic N) is 1. The Labute approximate surface area is 139 Å². The third-order valence-corrected chi connectivity index (χ3v) is 4.94. The zero-order chi connectivity index (χ0) is 17.7. The normalized spacial score (nSPS) is 11.3. The van der Waals surface area contributed by atoms with Crippen LogP contribution in [-0.4, -0.2) is 39.3 Å². The number of ether oxygens (including phenoxy) is 1. The van der Waals surface area contributed by atoms with Crippen LogP contribution in [0.5, 0.6) is 5.75 Å². The standard InChI is InChI=1S/C16H17FN2O4S/c1-19(2)24(21,22)13-9-7-12(8-10-13)18-16(20)11-23-15-6-4-3-5-14(15)17/h3-10H,11H2,1-2H3,(H,18,20). The predicted octanol–water partition coefficient (Wildman–Crippen LogP) is 2.09. The Morgan fingerprint density at radius 2 is 1.75 bits per heavy atom. The molecule has 1 N–H and O–H groups in total. The summed E-state index contributed by atoms with van der Waals surface area (Å²) in [7, 11) is -0.648. The first-order valence-electron chi connectivity index (χ1n) is 7.00. The summed E-state index contributed by atoms with van der Waals surface area (Å²) in [5, 5.41) is 2.54. The van der Waals surface area contributed by atoms with E-state index in [0.717, 1.165) is 4.31 Å². The Kier molecular flexibility index (Phi) is 5.53. The van der Waals surface area contributed by atoms with Crippen LogP contribution >= 0.6 is 0 Å². The second kappa shape index (κ2) is 7.41. The average molecular weight is 352 g/mol. The molecule has 0 saturated heterocycles. The number of amides is 1. The van der Waals surface area contributed by atoms with Crippen molar-refractivity contribution >= 4 is 21.6 Å². The van der Waals surface area contributed by atoms with E-state index >= 15 is 0 Å². The zero-order valence-electron chi connectivity index (χ0n) is 13.2. The fraction of sp³-hybridized carbons (Fsp3) is 0.188. The number of anilines is 1. The van der Waals surface area contributed by atoms with Gasteiger partial charge in [-0.3, -0.25) is 4.79 Å². The van der Waals surface area contributed by atoms with E-state index in [1.54, 1.807) is 6.07 Å². The van der Waals surface area contributed by atoms with Gasteiger partial charge in [0.15, 0.2) is 18.2 Å². The predicted molar refractivity (Wildman–Crippen MR) is 87.8 cm³/mol. The number of rotatable bonds is 6. The molecule has 2 rings (SSSR count). The van der Waals surface area contributed by atoms with Crippen LogP contribution in [0.15, 0.2) is 53.4 Å². The number of hydrogen-bond acceptors (Lipinski definition) is 4. The van der Waals surface area contributed by atoms with Crippen LogP contribution in [0.1, 0.15) is 0 Å². The van der Waals surface area contributed by atoms with Gasteiger partial charge in [-0.2, -0.15) is 0 Å². The summed E-state index contributed by atoms with van der Waals surface area (Å²) in [6.07, 6.45) is 0. The smallest absolute Gasteiger partial charge is 0.262 e. The van der Waals surface area contributed by atoms with Crippen LogP contribution in [-0.2, 0) is 14.8 Å². The molecule has 24 heavy (non-hydrogen) atoms. The zero-order valence-corrected chi connectivity index (χ0v) is 14.0. The van der Waals surface area contributed by atoms with Gasteiger partial charge < -0.3 is 10.1 Å². The van der Waals surface area contributed by atoms with Crippen molar-refractivity contribution in [1.29, 1.82) is 0 Å². The highest BCUT2D eigenvalue weighted by atomic mass is 32.2. The highest BCUT2D eigenvalue weighted by molar-refractivity contribution is 7.89. The van der Waals surface area contributed by atoms with Crippen LogP contribution in [0.3, 0.4) is 0 Å². The number of sulfonamides is 1. The molecule has 0 aliphatic rings. The number of hydrogen-bond donors (Lipinski definition) is 1. The number of benzene rings is 2. The fourth-order valence-corrected chi connectivity index (χ4v) is 2.72. The third kappa shape index (κ3) is 4.30. The molecule has 1 amide bonds. The summed E-state index contributed by atoms with van der Waals surface area (Å²) >= 11 is 0. The van der Waals surface area contributed by atoms with Gasteiger partial charge in [-0.05, 0) is 36.4 Å². The number of carbonyl (C=O) groups is 1. The summed E-state index contributed by atoms with van der Waals surface area (Å²) in [6, 6.07) is 11.5. The lowest BCUT2D eigenvalue weighted by molar-refractivity contribution is -0.118. The van der Waals surface area contributed by atoms with Gasteiger partial charge in [-0.25, -0.2) is 17.1 Å². The Balaban J connectivity index is 1.96. The molecule has 0 radical (unpaired) electrons. The van der Waals surface area contributed by atoms with Gasteiger partial charge >= 0.3 is 0 Å². The molecule has 8 heteroatoms. The summed E-state index contributed by atoms with van der Waals surface area (Å²) in [5.41, 5.74) is 0.412. The maximum absolute atomic E-state index is 13.4. The van der Waals surface area contributed by atoms with Crippen molar-refractivity contribution in [3.8, 4) is 5.75 Å². The van der Waals surface area contributed by atoms with Crippen molar-refractivity contribution in [3.63, 3.8) is 0 Å². The second-order valence-corrected chi connectivity index (χ2v) is 7.23. The SMILES string of the molecule is CN(C)S(=O)(=O)c1ccc(NC(=O)COc2ccccc2F)cc1. The number of halogens is 1. The van der Waals surface area contributed by atoms with Gasteiger partial charge in [0.2, 0.25) is 10.0 Å². The average Bonchev–Trinajstić information content (AvgIpc) is 2.54. The molecular weight excluding hydrogens is 335 g/mol. The van der Waals surface area contributed by atoms with Crippen molar-refractivity contribution < 1.29 is 22.3 Å². The maximum atomic E-state index is 13.4. The minimum Gasteiger partial charge on any atom is -0.481 e. The van der Waals surface area contributed by atoms with Crippen LogP contribution in [0.25, 0.3) is 0 Å². The van der Waals surface area contributed by atoms with E-state index in [1.165, 1.54) is 56.6 Å². The van der Waals surface area contributed by atoms with Gasteiger partial charge in [0, 0.05) is 19.8 Å². The molecule has 0 aliphatic carbocycles. The molecule has 0 unspecified atom stereocenters. The van der Waals surface area contributed by atoms with Crippen molar-refractivity contribution in [3.05, 3.63) is 54.3 Å². The summed E-state index contributed by atoms with van der Waals surface area (Å²) in [4.78, 5) is 11.9. The first kappa shape index (κ1) is 17.9. The van der Waals surface area contributed by atoms with Gasteiger partial charge in [-0.15, -0.1) is 0 Å². The van der Waals surface area contributed by atoms with Crippen molar-refractivity contribution in [2.75, 3.05) is 26.0 Å². The Hall–Kier alpha value is -2.45. The van der Waals surface area contributed by atoms with E-state index in [1.807, 2.05) is 0 Å². The fourth-order valence-electron chi connectivity index (χ4n) is 1.82. The molecule has 2 aromatic carbocycles. The molecule has 128 valence electrons. The molecule has 2 aromatic rings. The molecule has 6 nitrogen and oxygen atoms in total. The largest absolute Gasteiger partial charge is 0.481 e. The maximum Gasteiger partial charge on any atom is 0.262 e. The molecule has 0 fully saturated rings. The molecule has 0 spiro atoms. The monoisotopic (exact) mass is 352 g/mol. The van der Waals surface area contributed by atoms with Gasteiger partial charge in [0.05, 0.1) is 4.90 Å². The second-order valence-electron chi connectivity index (χ2n) is 5.08. The third-order valence-electron chi connectivity index (χ3n) is 3.11. The Morgan fingerprint density at radius 1 is 1.12 bits per heavy atom. The first-order valence-corrected chi connectivity index (χ1v) is 8.44. The minimum atomic E-state index is -3.52. The van der Waals surface area contributed by atoms with Crippen LogP contribution in [0, 0.1) is 5.82 Å². The molecule has 0 heterocycles. The van der Waals surface area contributed by atoms with E-state index in [9.17, 15) is 17.6 Å². The van der Waals surface area contributed by atoms with E-state index in [4.69, 9.17) is 4.74 Å². The molecule has 0 saturated carbocycles. The highest BCUT2D eigenvalue weighted by Gasteiger charge is 2.16. The van der Waals surface area contributed by atoms with E-state index in [-0.39, 0.29) is 17.3 Å². The lowest BCUT2D eigenvalue weighted by atomic mass is 10.3. The van der Waals surface area contributed by atoms with Gasteiger partial charge in [0.1, 0.15) is 0 Å². The van der Waals surface area contributed by atoms with Crippen molar-refractivity contribution in [1.82, 2.24) is 4.31 Å². The lowest BCUT2D eigenvalue weighted by Gasteiger charge is -2.12. The molecule has 0 aliphatic heterocycles. The van der Waals surface area contributed by atoms with Gasteiger partial charge in [-0.1, -0.05) is 12.1 Å². The molecule has 0 atom stereocenters. The number of nitrogens with one attached hydrogen (secondary N) is 1. The van der Waals surface area contributed by atoms with E-state index in [0.29, 0.717) is 5.69 Å². The molecule has 0 bridgehead atoms. The summed E-state index contributed by atoms with van der Waals surface area (Å²) in [6.45, 7) is -0.362. The van der Waals surface area contributed by atoms with E-state index in [2.05, 4.69) is 5.32 Å². The van der Waals surface area contributed by atoms with Crippen LogP contribution < -0.4 is 10.1 Å². The van der Waals surface area contributed by atoms with E-state index < -0.39 is 21.7 Å². The minimum absolute atomic E-state index is 0.0138. The molecular formula is C16H17FN2O4S.